The van der Waals surface area contributed by atoms with Crippen LogP contribution in [0.15, 0.2) is 42.5 Å². The summed E-state index contributed by atoms with van der Waals surface area (Å²) in [5.74, 6) is -0.641. The van der Waals surface area contributed by atoms with Crippen LogP contribution in [0.4, 0.5) is 0 Å². The summed E-state index contributed by atoms with van der Waals surface area (Å²) in [5.41, 5.74) is 2.18. The Labute approximate surface area is 166 Å². The standard InChI is InChI=1S/C21H19NO7/c1-26-21(25)16-8-13-4-2-3-5-15(13)10-22(16)19(23)11-27-20(24)14-6-7-17-18(9-14)29-12-28-17/h2-7,9,16H,8,10-12H2,1H3/t16-/m1/s1. The number of methoxy groups -OCH3 is 1. The van der Waals surface area contributed by atoms with Gasteiger partial charge in [-0.25, -0.2) is 9.59 Å². The smallest absolute Gasteiger partial charge is 0.338 e. The van der Waals surface area contributed by atoms with E-state index in [2.05, 4.69) is 0 Å². The molecule has 0 aliphatic carbocycles. The van der Waals surface area contributed by atoms with Crippen LogP contribution in [-0.4, -0.2) is 49.3 Å². The number of ether oxygens (including phenoxy) is 4. The number of nitrogens with zero attached hydrogens (tertiary/aromatic N) is 1. The minimum Gasteiger partial charge on any atom is -0.467 e. The third-order valence-corrected chi connectivity index (χ3v) is 4.98. The minimum atomic E-state index is -0.758. The van der Waals surface area contributed by atoms with Gasteiger partial charge in [0.25, 0.3) is 5.91 Å². The highest BCUT2D eigenvalue weighted by Crippen LogP contribution is 2.32. The summed E-state index contributed by atoms with van der Waals surface area (Å²) in [5, 5.41) is 0. The van der Waals surface area contributed by atoms with Crippen LogP contribution in [0.1, 0.15) is 21.5 Å². The Morgan fingerprint density at radius 1 is 1.07 bits per heavy atom. The van der Waals surface area contributed by atoms with Crippen molar-refractivity contribution in [1.82, 2.24) is 4.90 Å². The van der Waals surface area contributed by atoms with Gasteiger partial charge >= 0.3 is 11.9 Å². The molecule has 150 valence electrons. The molecule has 0 aromatic heterocycles. The van der Waals surface area contributed by atoms with Crippen LogP contribution in [0, 0.1) is 0 Å². The summed E-state index contributed by atoms with van der Waals surface area (Å²) < 4.78 is 20.5. The summed E-state index contributed by atoms with van der Waals surface area (Å²) >= 11 is 0. The first kappa shape index (κ1) is 18.8. The molecular formula is C21H19NO7. The lowest BCUT2D eigenvalue weighted by molar-refractivity contribution is -0.155. The predicted octanol–water partition coefficient (Wildman–Crippen LogP) is 1.70. The van der Waals surface area contributed by atoms with Crippen LogP contribution < -0.4 is 9.47 Å². The third kappa shape index (κ3) is 3.73. The van der Waals surface area contributed by atoms with Crippen LogP contribution in [0.3, 0.4) is 0 Å². The zero-order chi connectivity index (χ0) is 20.4. The van der Waals surface area contributed by atoms with Crippen molar-refractivity contribution in [3.63, 3.8) is 0 Å². The molecule has 0 unspecified atom stereocenters. The number of carbonyl (C=O) groups is 3. The molecule has 8 heteroatoms. The predicted molar refractivity (Wildman–Crippen MR) is 99.3 cm³/mol. The number of carbonyl (C=O) groups excluding carboxylic acids is 3. The van der Waals surface area contributed by atoms with E-state index in [9.17, 15) is 14.4 Å². The molecule has 0 spiro atoms. The molecule has 0 N–H and O–H groups in total. The Morgan fingerprint density at radius 3 is 2.62 bits per heavy atom. The zero-order valence-corrected chi connectivity index (χ0v) is 15.8. The lowest BCUT2D eigenvalue weighted by Crippen LogP contribution is -2.50. The molecule has 29 heavy (non-hydrogen) atoms. The Morgan fingerprint density at radius 2 is 1.83 bits per heavy atom. The van der Waals surface area contributed by atoms with Crippen molar-refractivity contribution < 1.29 is 33.3 Å². The van der Waals surface area contributed by atoms with Gasteiger partial charge in [-0.05, 0) is 29.3 Å². The summed E-state index contributed by atoms with van der Waals surface area (Å²) in [6.07, 6.45) is 0.352. The molecule has 0 saturated carbocycles. The Hall–Kier alpha value is -3.55. The lowest BCUT2D eigenvalue weighted by Gasteiger charge is -2.35. The molecule has 0 radical (unpaired) electrons. The Bertz CT molecular complexity index is 971. The number of hydrogen-bond donors (Lipinski definition) is 0. The molecule has 2 heterocycles. The topological polar surface area (TPSA) is 91.4 Å². The Balaban J connectivity index is 1.45. The van der Waals surface area contributed by atoms with Gasteiger partial charge in [0.15, 0.2) is 18.1 Å². The van der Waals surface area contributed by atoms with Gasteiger partial charge in [0, 0.05) is 13.0 Å². The van der Waals surface area contributed by atoms with Gasteiger partial charge in [0.05, 0.1) is 12.7 Å². The van der Waals surface area contributed by atoms with E-state index in [1.54, 1.807) is 6.07 Å². The second-order valence-corrected chi connectivity index (χ2v) is 6.68. The number of esters is 2. The van der Waals surface area contributed by atoms with Gasteiger partial charge in [-0.15, -0.1) is 0 Å². The monoisotopic (exact) mass is 397 g/mol. The second kappa shape index (κ2) is 7.83. The fourth-order valence-corrected chi connectivity index (χ4v) is 3.45. The lowest BCUT2D eigenvalue weighted by atomic mass is 9.94. The Kier molecular flexibility index (Phi) is 5.07. The molecule has 0 saturated heterocycles. The molecule has 4 rings (SSSR count). The van der Waals surface area contributed by atoms with Crippen molar-refractivity contribution in [2.45, 2.75) is 19.0 Å². The average Bonchev–Trinajstić information content (AvgIpc) is 3.23. The molecule has 8 nitrogen and oxygen atoms in total. The van der Waals surface area contributed by atoms with Crippen LogP contribution in [0.2, 0.25) is 0 Å². The molecule has 2 aromatic rings. The van der Waals surface area contributed by atoms with E-state index in [1.807, 2.05) is 24.3 Å². The van der Waals surface area contributed by atoms with E-state index in [1.165, 1.54) is 24.1 Å². The molecule has 0 fully saturated rings. The van der Waals surface area contributed by atoms with Crippen molar-refractivity contribution in [3.8, 4) is 11.5 Å². The maximum Gasteiger partial charge on any atom is 0.338 e. The van der Waals surface area contributed by atoms with Crippen LogP contribution in [0.25, 0.3) is 0 Å². The largest absolute Gasteiger partial charge is 0.467 e. The average molecular weight is 397 g/mol. The SMILES string of the molecule is COC(=O)[C@H]1Cc2ccccc2CN1C(=O)COC(=O)c1ccc2c(c1)OCO2. The van der Waals surface area contributed by atoms with E-state index in [0.29, 0.717) is 17.9 Å². The van der Waals surface area contributed by atoms with Crippen molar-refractivity contribution in [2.24, 2.45) is 0 Å². The maximum atomic E-state index is 12.8. The highest BCUT2D eigenvalue weighted by Gasteiger charge is 2.35. The summed E-state index contributed by atoms with van der Waals surface area (Å²) in [6.45, 7) is -0.142. The minimum absolute atomic E-state index is 0.0949. The van der Waals surface area contributed by atoms with E-state index < -0.39 is 30.5 Å². The van der Waals surface area contributed by atoms with Gasteiger partial charge in [-0.3, -0.25) is 4.79 Å². The highest BCUT2D eigenvalue weighted by molar-refractivity contribution is 5.93. The zero-order valence-electron chi connectivity index (χ0n) is 15.8. The van der Waals surface area contributed by atoms with E-state index in [4.69, 9.17) is 18.9 Å². The van der Waals surface area contributed by atoms with Crippen LogP contribution >= 0.6 is 0 Å². The first-order valence-corrected chi connectivity index (χ1v) is 9.07. The number of hydrogen-bond acceptors (Lipinski definition) is 7. The normalized spacial score (nSPS) is 16.7. The summed E-state index contributed by atoms with van der Waals surface area (Å²) in [7, 11) is 1.28. The van der Waals surface area contributed by atoms with E-state index >= 15 is 0 Å². The third-order valence-electron chi connectivity index (χ3n) is 4.98. The molecular weight excluding hydrogens is 378 g/mol. The molecule has 0 bridgehead atoms. The molecule has 2 aliphatic rings. The second-order valence-electron chi connectivity index (χ2n) is 6.68. The number of amides is 1. The van der Waals surface area contributed by atoms with Crippen molar-refractivity contribution >= 4 is 17.8 Å². The molecule has 1 amide bonds. The van der Waals surface area contributed by atoms with E-state index in [0.717, 1.165) is 11.1 Å². The van der Waals surface area contributed by atoms with Gasteiger partial charge in [0.2, 0.25) is 6.79 Å². The van der Waals surface area contributed by atoms with Crippen molar-refractivity contribution in [2.75, 3.05) is 20.5 Å². The fraction of sp³-hybridized carbons (Fsp3) is 0.286. The number of rotatable bonds is 4. The summed E-state index contributed by atoms with van der Waals surface area (Å²) in [6, 6.07) is 11.5. The fourth-order valence-electron chi connectivity index (χ4n) is 3.45. The first-order chi connectivity index (χ1) is 14.1. The quantitative estimate of drug-likeness (QED) is 0.725. The van der Waals surface area contributed by atoms with Crippen LogP contribution in [0.5, 0.6) is 11.5 Å². The first-order valence-electron chi connectivity index (χ1n) is 9.07. The molecule has 2 aliphatic heterocycles. The number of fused-ring (bicyclic) bond motifs is 2. The van der Waals surface area contributed by atoms with Gasteiger partial charge in [0.1, 0.15) is 6.04 Å². The van der Waals surface area contributed by atoms with Gasteiger partial charge in [-0.1, -0.05) is 24.3 Å². The van der Waals surface area contributed by atoms with Gasteiger partial charge < -0.3 is 23.8 Å². The van der Waals surface area contributed by atoms with Crippen LogP contribution in [-0.2, 0) is 32.0 Å². The summed E-state index contributed by atoms with van der Waals surface area (Å²) in [4.78, 5) is 38.7. The van der Waals surface area contributed by atoms with Gasteiger partial charge in [-0.2, -0.15) is 0 Å². The molecule has 2 aromatic carbocycles. The van der Waals surface area contributed by atoms with E-state index in [-0.39, 0.29) is 18.9 Å². The highest BCUT2D eigenvalue weighted by atomic mass is 16.7. The maximum absolute atomic E-state index is 12.8. The van der Waals surface area contributed by atoms with Crippen molar-refractivity contribution in [1.29, 1.82) is 0 Å². The van der Waals surface area contributed by atoms with Crippen molar-refractivity contribution in [3.05, 3.63) is 59.2 Å². The molecule has 1 atom stereocenters. The number of benzene rings is 2.